The Balaban J connectivity index is 3.33. The van der Waals surface area contributed by atoms with E-state index >= 15 is 0 Å². The number of nitrogens with one attached hydrogen (secondary N) is 1. The van der Waals surface area contributed by atoms with Crippen LogP contribution < -0.4 is 5.32 Å². The van der Waals surface area contributed by atoms with Crippen molar-refractivity contribution in [2.75, 3.05) is 27.3 Å². The van der Waals surface area contributed by atoms with E-state index in [0.29, 0.717) is 0 Å². The third-order valence-electron chi connectivity index (χ3n) is 2.17. The normalized spacial score (nSPS) is 16.0. The Morgan fingerprint density at radius 3 is 2.42 bits per heavy atom. The first kappa shape index (κ1) is 11.9. The van der Waals surface area contributed by atoms with E-state index in [4.69, 9.17) is 4.74 Å². The highest BCUT2D eigenvalue weighted by atomic mass is 16.5. The van der Waals surface area contributed by atoms with Gasteiger partial charge in [0.05, 0.1) is 0 Å². The summed E-state index contributed by atoms with van der Waals surface area (Å²) in [5.41, 5.74) is 0. The molecule has 74 valence electrons. The van der Waals surface area contributed by atoms with Crippen molar-refractivity contribution in [2.24, 2.45) is 11.8 Å². The third-order valence-corrected chi connectivity index (χ3v) is 2.17. The molecule has 0 spiro atoms. The van der Waals surface area contributed by atoms with Gasteiger partial charge in [0.15, 0.2) is 0 Å². The van der Waals surface area contributed by atoms with Gasteiger partial charge in [-0.1, -0.05) is 13.8 Å². The number of methoxy groups -OCH3 is 1. The zero-order chi connectivity index (χ0) is 9.40. The fraction of sp³-hybridized carbons (Fsp3) is 1.00. The molecule has 0 radical (unpaired) electrons. The maximum absolute atomic E-state index is 5.04. The molecule has 0 saturated heterocycles. The Morgan fingerprint density at radius 2 is 1.92 bits per heavy atom. The number of hydrogen-bond acceptors (Lipinski definition) is 2. The second kappa shape index (κ2) is 7.56. The van der Waals surface area contributed by atoms with Gasteiger partial charge in [-0.3, -0.25) is 0 Å². The summed E-state index contributed by atoms with van der Waals surface area (Å²) in [5.74, 6) is 1.56. The topological polar surface area (TPSA) is 21.3 Å². The molecule has 0 aromatic heterocycles. The van der Waals surface area contributed by atoms with Crippen LogP contribution in [0.1, 0.15) is 26.7 Å². The monoisotopic (exact) mass is 173 g/mol. The van der Waals surface area contributed by atoms with Crippen molar-refractivity contribution in [1.82, 2.24) is 5.32 Å². The van der Waals surface area contributed by atoms with Crippen molar-refractivity contribution >= 4 is 0 Å². The summed E-state index contributed by atoms with van der Waals surface area (Å²) in [7, 11) is 3.78. The second-order valence-corrected chi connectivity index (χ2v) is 3.79. The molecular weight excluding hydrogens is 150 g/mol. The van der Waals surface area contributed by atoms with Gasteiger partial charge in [-0.15, -0.1) is 0 Å². The van der Waals surface area contributed by atoms with Gasteiger partial charge in [0.1, 0.15) is 0 Å². The molecule has 1 N–H and O–H groups in total. The summed E-state index contributed by atoms with van der Waals surface area (Å²) in [6, 6.07) is 0. The predicted octanol–water partition coefficient (Wildman–Crippen LogP) is 1.90. The molecule has 0 aliphatic heterocycles. The van der Waals surface area contributed by atoms with Crippen LogP contribution in [0.3, 0.4) is 0 Å². The zero-order valence-corrected chi connectivity index (χ0v) is 8.89. The Morgan fingerprint density at radius 1 is 1.25 bits per heavy atom. The lowest BCUT2D eigenvalue weighted by molar-refractivity contribution is 0.174. The Labute approximate surface area is 76.7 Å². The van der Waals surface area contributed by atoms with Crippen LogP contribution in [-0.4, -0.2) is 27.3 Å². The molecule has 0 aromatic carbocycles. The van der Waals surface area contributed by atoms with E-state index in [-0.39, 0.29) is 0 Å². The van der Waals surface area contributed by atoms with Crippen LogP contribution in [-0.2, 0) is 4.74 Å². The molecule has 0 amide bonds. The van der Waals surface area contributed by atoms with E-state index in [1.54, 1.807) is 7.11 Å². The van der Waals surface area contributed by atoms with E-state index in [1.807, 2.05) is 7.05 Å². The molecule has 0 fully saturated rings. The average Bonchev–Trinajstić information content (AvgIpc) is 2.01. The van der Waals surface area contributed by atoms with Crippen molar-refractivity contribution in [3.05, 3.63) is 0 Å². The second-order valence-electron chi connectivity index (χ2n) is 3.79. The Kier molecular flexibility index (Phi) is 7.51. The molecule has 0 rings (SSSR count). The van der Waals surface area contributed by atoms with Gasteiger partial charge in [-0.2, -0.15) is 0 Å². The van der Waals surface area contributed by atoms with E-state index in [9.17, 15) is 0 Å². The standard InChI is InChI=1S/C10H23NO/c1-9(5-6-12-4)7-10(2)8-11-3/h9-11H,5-8H2,1-4H3. The molecule has 2 unspecified atom stereocenters. The SMILES string of the molecule is CNCC(C)CC(C)CCOC. The summed E-state index contributed by atoms with van der Waals surface area (Å²) < 4.78 is 5.04. The predicted molar refractivity (Wildman–Crippen MR) is 53.4 cm³/mol. The van der Waals surface area contributed by atoms with E-state index in [0.717, 1.165) is 25.0 Å². The van der Waals surface area contributed by atoms with Gasteiger partial charge >= 0.3 is 0 Å². The van der Waals surface area contributed by atoms with E-state index in [1.165, 1.54) is 12.8 Å². The molecule has 2 atom stereocenters. The maximum Gasteiger partial charge on any atom is 0.0464 e. The van der Waals surface area contributed by atoms with Crippen LogP contribution in [0, 0.1) is 11.8 Å². The van der Waals surface area contributed by atoms with Crippen LogP contribution in [0.25, 0.3) is 0 Å². The molecule has 12 heavy (non-hydrogen) atoms. The van der Waals surface area contributed by atoms with Gasteiger partial charge in [-0.05, 0) is 38.3 Å². The number of ether oxygens (including phenoxy) is 1. The first-order valence-electron chi connectivity index (χ1n) is 4.84. The minimum absolute atomic E-state index is 0.779. The summed E-state index contributed by atoms with van der Waals surface area (Å²) in [6.07, 6.45) is 2.48. The van der Waals surface area contributed by atoms with Gasteiger partial charge < -0.3 is 10.1 Å². The molecule has 0 heterocycles. The molecule has 0 aromatic rings. The Hall–Kier alpha value is -0.0800. The molecule has 0 bridgehead atoms. The van der Waals surface area contributed by atoms with Crippen LogP contribution in [0.15, 0.2) is 0 Å². The van der Waals surface area contributed by atoms with Crippen LogP contribution >= 0.6 is 0 Å². The van der Waals surface area contributed by atoms with Crippen LogP contribution in [0.5, 0.6) is 0 Å². The van der Waals surface area contributed by atoms with Crippen molar-refractivity contribution in [3.63, 3.8) is 0 Å². The lowest BCUT2D eigenvalue weighted by atomic mass is 9.95. The highest BCUT2D eigenvalue weighted by Crippen LogP contribution is 2.14. The molecule has 0 saturated carbocycles. The first-order chi connectivity index (χ1) is 5.70. The van der Waals surface area contributed by atoms with Crippen LogP contribution in [0.4, 0.5) is 0 Å². The highest BCUT2D eigenvalue weighted by Gasteiger charge is 2.07. The fourth-order valence-electron chi connectivity index (χ4n) is 1.56. The summed E-state index contributed by atoms with van der Waals surface area (Å²) >= 11 is 0. The van der Waals surface area contributed by atoms with E-state index in [2.05, 4.69) is 19.2 Å². The average molecular weight is 173 g/mol. The minimum Gasteiger partial charge on any atom is -0.385 e. The molecule has 2 heteroatoms. The summed E-state index contributed by atoms with van der Waals surface area (Å²) in [5, 5.41) is 3.20. The fourth-order valence-corrected chi connectivity index (χ4v) is 1.56. The number of rotatable bonds is 7. The summed E-state index contributed by atoms with van der Waals surface area (Å²) in [6.45, 7) is 6.61. The molecule has 0 aliphatic rings. The van der Waals surface area contributed by atoms with Crippen LogP contribution in [0.2, 0.25) is 0 Å². The molecule has 0 aliphatic carbocycles. The van der Waals surface area contributed by atoms with Crippen molar-refractivity contribution in [2.45, 2.75) is 26.7 Å². The smallest absolute Gasteiger partial charge is 0.0464 e. The molecule has 2 nitrogen and oxygen atoms in total. The van der Waals surface area contributed by atoms with Gasteiger partial charge in [0, 0.05) is 13.7 Å². The number of hydrogen-bond donors (Lipinski definition) is 1. The minimum atomic E-state index is 0.779. The highest BCUT2D eigenvalue weighted by molar-refractivity contribution is 4.60. The lowest BCUT2D eigenvalue weighted by Gasteiger charge is -2.16. The van der Waals surface area contributed by atoms with Gasteiger partial charge in [0.2, 0.25) is 0 Å². The van der Waals surface area contributed by atoms with Crippen molar-refractivity contribution < 1.29 is 4.74 Å². The third kappa shape index (κ3) is 6.62. The zero-order valence-electron chi connectivity index (χ0n) is 8.89. The lowest BCUT2D eigenvalue weighted by Crippen LogP contribution is -2.18. The van der Waals surface area contributed by atoms with Crippen molar-refractivity contribution in [3.8, 4) is 0 Å². The molecular formula is C10H23NO. The van der Waals surface area contributed by atoms with Gasteiger partial charge in [0.25, 0.3) is 0 Å². The van der Waals surface area contributed by atoms with E-state index < -0.39 is 0 Å². The van der Waals surface area contributed by atoms with Crippen molar-refractivity contribution in [1.29, 1.82) is 0 Å². The summed E-state index contributed by atoms with van der Waals surface area (Å²) in [4.78, 5) is 0. The Bertz CT molecular complexity index is 95.8. The maximum atomic E-state index is 5.04. The quantitative estimate of drug-likeness (QED) is 0.635. The largest absolute Gasteiger partial charge is 0.385 e. The first-order valence-corrected chi connectivity index (χ1v) is 4.84. The van der Waals surface area contributed by atoms with Gasteiger partial charge in [-0.25, -0.2) is 0 Å².